The number of alkyl halides is 3. The molecule has 7 nitrogen and oxygen atoms in total. The van der Waals surface area contributed by atoms with Crippen LogP contribution in [0.2, 0.25) is 0 Å². The van der Waals surface area contributed by atoms with Gasteiger partial charge in [0.1, 0.15) is 5.25 Å². The lowest BCUT2D eigenvalue weighted by molar-refractivity contribution is -0.137. The first-order valence-electron chi connectivity index (χ1n) is 8.95. The van der Waals surface area contributed by atoms with Gasteiger partial charge >= 0.3 is 6.18 Å². The van der Waals surface area contributed by atoms with Crippen LogP contribution in [0, 0.1) is 0 Å². The number of carbonyl (C=O) groups excluding carboxylic acids is 2. The largest absolute Gasteiger partial charge is 0.493 e. The lowest BCUT2D eigenvalue weighted by Crippen LogP contribution is -2.28. The van der Waals surface area contributed by atoms with E-state index in [2.05, 4.69) is 15.6 Å². The first kappa shape index (κ1) is 22.5. The minimum Gasteiger partial charge on any atom is -0.493 e. The number of methoxy groups -OCH3 is 2. The van der Waals surface area contributed by atoms with E-state index in [0.29, 0.717) is 17.2 Å². The molecular formula is C20H18F3N3O4S. The second-order valence-electron chi connectivity index (χ2n) is 6.35. The third-order valence-electron chi connectivity index (χ3n) is 4.25. The summed E-state index contributed by atoms with van der Waals surface area (Å²) in [6.07, 6.45) is -4.77. The van der Waals surface area contributed by atoms with Gasteiger partial charge in [-0.3, -0.25) is 9.59 Å². The van der Waals surface area contributed by atoms with Crippen molar-refractivity contribution in [3.8, 4) is 11.5 Å². The van der Waals surface area contributed by atoms with E-state index in [0.717, 1.165) is 17.8 Å². The smallest absolute Gasteiger partial charge is 0.418 e. The molecule has 1 aliphatic rings. The second kappa shape index (κ2) is 9.29. The van der Waals surface area contributed by atoms with Crippen molar-refractivity contribution in [3.05, 3.63) is 48.0 Å². The molecule has 2 N–H and O–H groups in total. The molecule has 0 saturated carbocycles. The molecule has 1 atom stereocenters. The Hall–Kier alpha value is -3.21. The molecule has 3 rings (SSSR count). The number of halogens is 3. The number of amidine groups is 1. The number of aliphatic imine (C=N–C) groups is 1. The maximum absolute atomic E-state index is 13.1. The van der Waals surface area contributed by atoms with E-state index in [-0.39, 0.29) is 17.3 Å². The Labute approximate surface area is 180 Å². The molecule has 0 aliphatic carbocycles. The van der Waals surface area contributed by atoms with Gasteiger partial charge in [0.2, 0.25) is 11.8 Å². The maximum Gasteiger partial charge on any atom is 0.418 e. The Balaban J connectivity index is 1.68. The molecule has 1 aliphatic heterocycles. The summed E-state index contributed by atoms with van der Waals surface area (Å²) >= 11 is 0.902. The summed E-state index contributed by atoms with van der Waals surface area (Å²) in [7, 11) is 2.94. The van der Waals surface area contributed by atoms with E-state index in [4.69, 9.17) is 9.47 Å². The minimum absolute atomic E-state index is 0.00520. The van der Waals surface area contributed by atoms with Crippen LogP contribution in [-0.2, 0) is 15.8 Å². The zero-order valence-corrected chi connectivity index (χ0v) is 17.3. The van der Waals surface area contributed by atoms with E-state index in [1.54, 1.807) is 18.2 Å². The van der Waals surface area contributed by atoms with E-state index < -0.39 is 28.8 Å². The summed E-state index contributed by atoms with van der Waals surface area (Å²) in [4.78, 5) is 28.5. The summed E-state index contributed by atoms with van der Waals surface area (Å²) in [6, 6.07) is 9.60. The van der Waals surface area contributed by atoms with Gasteiger partial charge < -0.3 is 20.1 Å². The fourth-order valence-electron chi connectivity index (χ4n) is 2.81. The highest BCUT2D eigenvalue weighted by Gasteiger charge is 2.35. The molecule has 0 aromatic heterocycles. The number of amides is 2. The number of anilines is 1. The number of rotatable bonds is 6. The third-order valence-corrected chi connectivity index (χ3v) is 5.33. The Morgan fingerprint density at radius 3 is 2.55 bits per heavy atom. The summed E-state index contributed by atoms with van der Waals surface area (Å²) < 4.78 is 49.7. The lowest BCUT2D eigenvalue weighted by atomic mass is 10.2. The molecule has 2 amide bonds. The van der Waals surface area contributed by atoms with Gasteiger partial charge in [-0.1, -0.05) is 23.9 Å². The van der Waals surface area contributed by atoms with Gasteiger partial charge in [0.05, 0.1) is 25.5 Å². The molecular weight excluding hydrogens is 435 g/mol. The second-order valence-corrected chi connectivity index (χ2v) is 7.54. The SMILES string of the molecule is COc1ccc(NC(=O)CC2SC(=Nc3ccccc3C(F)(F)F)NC2=O)cc1OC. The van der Waals surface area contributed by atoms with Crippen molar-refractivity contribution < 1.29 is 32.2 Å². The van der Waals surface area contributed by atoms with Gasteiger partial charge in [0, 0.05) is 18.2 Å². The van der Waals surface area contributed by atoms with Crippen molar-refractivity contribution >= 4 is 40.1 Å². The molecule has 1 unspecified atom stereocenters. The first-order chi connectivity index (χ1) is 14.7. The lowest BCUT2D eigenvalue weighted by Gasteiger charge is -2.11. The van der Waals surface area contributed by atoms with Crippen molar-refractivity contribution in [3.63, 3.8) is 0 Å². The topological polar surface area (TPSA) is 89.0 Å². The van der Waals surface area contributed by atoms with Gasteiger partial charge in [-0.15, -0.1) is 0 Å². The minimum atomic E-state index is -4.58. The number of ether oxygens (including phenoxy) is 2. The number of benzene rings is 2. The predicted octanol–water partition coefficient (Wildman–Crippen LogP) is 3.97. The molecule has 2 aromatic carbocycles. The van der Waals surface area contributed by atoms with Crippen LogP contribution in [0.25, 0.3) is 0 Å². The van der Waals surface area contributed by atoms with Crippen LogP contribution in [0.1, 0.15) is 12.0 Å². The molecule has 31 heavy (non-hydrogen) atoms. The van der Waals surface area contributed by atoms with Crippen LogP contribution in [0.5, 0.6) is 11.5 Å². The number of nitrogens with zero attached hydrogens (tertiary/aromatic N) is 1. The van der Waals surface area contributed by atoms with Crippen LogP contribution in [0.15, 0.2) is 47.5 Å². The molecule has 1 saturated heterocycles. The van der Waals surface area contributed by atoms with Gasteiger partial charge in [0.25, 0.3) is 0 Å². The normalized spacial score (nSPS) is 17.4. The summed E-state index contributed by atoms with van der Waals surface area (Å²) in [5.41, 5.74) is -0.778. The van der Waals surface area contributed by atoms with E-state index in [9.17, 15) is 22.8 Å². The molecule has 2 aromatic rings. The van der Waals surface area contributed by atoms with Crippen molar-refractivity contribution in [1.82, 2.24) is 5.32 Å². The summed E-state index contributed by atoms with van der Waals surface area (Å²) in [5.74, 6) is -0.0373. The average Bonchev–Trinajstić information content (AvgIpc) is 3.05. The van der Waals surface area contributed by atoms with Gasteiger partial charge in [0.15, 0.2) is 16.7 Å². The van der Waals surface area contributed by atoms with Crippen LogP contribution in [0.3, 0.4) is 0 Å². The van der Waals surface area contributed by atoms with Crippen molar-refractivity contribution in [2.45, 2.75) is 17.8 Å². The maximum atomic E-state index is 13.1. The van der Waals surface area contributed by atoms with Crippen molar-refractivity contribution in [1.29, 1.82) is 0 Å². The standard InChI is InChI=1S/C20H18F3N3O4S/c1-29-14-8-7-11(9-15(14)30-2)24-17(27)10-16-18(28)26-19(31-16)25-13-6-4-3-5-12(13)20(21,22)23/h3-9,16H,10H2,1-2H3,(H,24,27)(H,25,26,28). The highest BCUT2D eigenvalue weighted by molar-refractivity contribution is 8.15. The predicted molar refractivity (Wildman–Crippen MR) is 111 cm³/mol. The highest BCUT2D eigenvalue weighted by atomic mass is 32.2. The Morgan fingerprint density at radius 1 is 1.16 bits per heavy atom. The number of nitrogens with one attached hydrogen (secondary N) is 2. The van der Waals surface area contributed by atoms with E-state index in [1.165, 1.54) is 32.4 Å². The van der Waals surface area contributed by atoms with Crippen LogP contribution in [0.4, 0.5) is 24.5 Å². The number of hydrogen-bond donors (Lipinski definition) is 2. The van der Waals surface area contributed by atoms with Gasteiger partial charge in [-0.05, 0) is 24.3 Å². The van der Waals surface area contributed by atoms with E-state index >= 15 is 0 Å². The zero-order chi connectivity index (χ0) is 22.6. The fraction of sp³-hybridized carbons (Fsp3) is 0.250. The number of carbonyl (C=O) groups is 2. The molecule has 0 radical (unpaired) electrons. The number of thioether (sulfide) groups is 1. The van der Waals surface area contributed by atoms with Gasteiger partial charge in [-0.25, -0.2) is 4.99 Å². The Kier molecular flexibility index (Phi) is 6.74. The highest BCUT2D eigenvalue weighted by Crippen LogP contribution is 2.37. The molecule has 11 heteroatoms. The molecule has 164 valence electrons. The van der Waals surface area contributed by atoms with Gasteiger partial charge in [-0.2, -0.15) is 13.2 Å². The summed E-state index contributed by atoms with van der Waals surface area (Å²) in [5, 5.41) is 4.26. The van der Waals surface area contributed by atoms with Crippen LogP contribution < -0.4 is 20.1 Å². The average molecular weight is 453 g/mol. The first-order valence-corrected chi connectivity index (χ1v) is 9.83. The molecule has 0 spiro atoms. The number of para-hydroxylation sites is 1. The Morgan fingerprint density at radius 2 is 1.87 bits per heavy atom. The molecule has 1 fully saturated rings. The number of hydrogen-bond acceptors (Lipinski definition) is 6. The monoisotopic (exact) mass is 453 g/mol. The van der Waals surface area contributed by atoms with Crippen LogP contribution in [-0.4, -0.2) is 36.5 Å². The van der Waals surface area contributed by atoms with Crippen molar-refractivity contribution in [2.75, 3.05) is 19.5 Å². The molecule has 1 heterocycles. The summed E-state index contributed by atoms with van der Waals surface area (Å²) in [6.45, 7) is 0. The third kappa shape index (κ3) is 5.48. The Bertz CT molecular complexity index is 1030. The fourth-order valence-corrected chi connectivity index (χ4v) is 3.79. The molecule has 0 bridgehead atoms. The van der Waals surface area contributed by atoms with Crippen LogP contribution >= 0.6 is 11.8 Å². The van der Waals surface area contributed by atoms with E-state index in [1.807, 2.05) is 0 Å². The quantitative estimate of drug-likeness (QED) is 0.691. The van der Waals surface area contributed by atoms with Crippen molar-refractivity contribution in [2.24, 2.45) is 4.99 Å². The zero-order valence-electron chi connectivity index (χ0n) is 16.4.